The van der Waals surface area contributed by atoms with Gasteiger partial charge in [-0.2, -0.15) is 0 Å². The topological polar surface area (TPSA) is 46.5 Å². The molecule has 0 aromatic rings. The highest BCUT2D eigenvalue weighted by Crippen LogP contribution is 2.12. The Hall–Kier alpha value is -1.51. The molecule has 0 aromatic heterocycles. The normalized spacial score (nSPS) is 12.3. The Balaban J connectivity index is 3.31. The summed E-state index contributed by atoms with van der Waals surface area (Å²) in [6.07, 6.45) is 24.9. The third kappa shape index (κ3) is 15.4. The highest BCUT2D eigenvalue weighted by atomic mass is 16.5. The van der Waals surface area contributed by atoms with Crippen molar-refractivity contribution < 1.29 is 14.6 Å². The van der Waals surface area contributed by atoms with Gasteiger partial charge < -0.3 is 9.84 Å². The number of ether oxygens (including phenoxy) is 1. The summed E-state index contributed by atoms with van der Waals surface area (Å²) in [4.78, 5) is 10.7. The molecular weight excluding hydrogens is 300 g/mol. The first kappa shape index (κ1) is 22.5. The zero-order valence-electron chi connectivity index (χ0n) is 15.6. The lowest BCUT2D eigenvalue weighted by Crippen LogP contribution is -2.02. The fraction of sp³-hybridized carbons (Fsp3) is 0.667. The number of unbranched alkanes of at least 4 members (excludes halogenated alkanes) is 9. The monoisotopic (exact) mass is 336 g/mol. The molecule has 0 aliphatic rings. The summed E-state index contributed by atoms with van der Waals surface area (Å²) < 4.78 is 4.79. The van der Waals surface area contributed by atoms with Crippen molar-refractivity contribution in [1.82, 2.24) is 0 Å². The number of carboxylic acids is 1. The molecule has 0 aliphatic heterocycles. The molecule has 0 heterocycles. The minimum atomic E-state index is -0.982. The number of carboxylic acid groups (broad SMARTS) is 1. The lowest BCUT2D eigenvalue weighted by Gasteiger charge is -2.02. The maximum atomic E-state index is 10.7. The first-order chi connectivity index (χ1) is 11.7. The Morgan fingerprint density at radius 3 is 1.92 bits per heavy atom. The number of allylic oxidation sites excluding steroid dienone is 5. The van der Waals surface area contributed by atoms with E-state index in [1.807, 2.05) is 0 Å². The standard InChI is InChI=1S/C21H36O3/c1-3-4-5-6-7-8-9-10-11-12-13-14-15-16-17-18-19-20(24-2)21(22)23/h4-5,7-8,19H,3,6,9-18H2,1-2H3,(H,22,23)/b5-4-,8-7-,20-19+. The van der Waals surface area contributed by atoms with E-state index in [-0.39, 0.29) is 5.76 Å². The highest BCUT2D eigenvalue weighted by molar-refractivity contribution is 5.84. The van der Waals surface area contributed by atoms with Crippen LogP contribution in [0.25, 0.3) is 0 Å². The molecule has 0 rings (SSSR count). The highest BCUT2D eigenvalue weighted by Gasteiger charge is 2.04. The third-order valence-corrected chi connectivity index (χ3v) is 3.93. The molecule has 0 aromatic carbocycles. The second kappa shape index (κ2) is 17.8. The fourth-order valence-corrected chi connectivity index (χ4v) is 2.51. The van der Waals surface area contributed by atoms with Crippen molar-refractivity contribution in [2.45, 2.75) is 84.0 Å². The first-order valence-electron chi connectivity index (χ1n) is 9.49. The number of rotatable bonds is 16. The molecule has 138 valence electrons. The molecule has 3 nitrogen and oxygen atoms in total. The fourth-order valence-electron chi connectivity index (χ4n) is 2.51. The van der Waals surface area contributed by atoms with E-state index in [2.05, 4.69) is 31.2 Å². The predicted octanol–water partition coefficient (Wildman–Crippen LogP) is 6.41. The Morgan fingerprint density at radius 1 is 0.833 bits per heavy atom. The van der Waals surface area contributed by atoms with Crippen LogP contribution in [-0.4, -0.2) is 18.2 Å². The zero-order chi connectivity index (χ0) is 17.9. The molecule has 1 N–H and O–H groups in total. The lowest BCUT2D eigenvalue weighted by atomic mass is 10.1. The van der Waals surface area contributed by atoms with Gasteiger partial charge in [0.05, 0.1) is 7.11 Å². The van der Waals surface area contributed by atoms with Crippen LogP contribution in [0.15, 0.2) is 36.1 Å². The average Bonchev–Trinajstić information content (AvgIpc) is 2.57. The van der Waals surface area contributed by atoms with Gasteiger partial charge in [0, 0.05) is 0 Å². The molecular formula is C21H36O3. The van der Waals surface area contributed by atoms with Crippen LogP contribution >= 0.6 is 0 Å². The van der Waals surface area contributed by atoms with Crippen LogP contribution in [0.1, 0.15) is 84.0 Å². The SMILES string of the molecule is CC/C=C\C/C=C\CCCCCCCCCC/C=C(/OC)C(=O)O. The van der Waals surface area contributed by atoms with Gasteiger partial charge in [-0.15, -0.1) is 0 Å². The van der Waals surface area contributed by atoms with Crippen LogP contribution in [0.5, 0.6) is 0 Å². The summed E-state index contributed by atoms with van der Waals surface area (Å²) >= 11 is 0. The minimum absolute atomic E-state index is 0.0606. The van der Waals surface area contributed by atoms with Crippen molar-refractivity contribution in [2.75, 3.05) is 7.11 Å². The minimum Gasteiger partial charge on any atom is -0.490 e. The number of aliphatic carboxylic acids is 1. The molecule has 0 bridgehead atoms. The van der Waals surface area contributed by atoms with Crippen LogP contribution < -0.4 is 0 Å². The van der Waals surface area contributed by atoms with Gasteiger partial charge in [0.2, 0.25) is 0 Å². The van der Waals surface area contributed by atoms with Gasteiger partial charge in [-0.3, -0.25) is 0 Å². The summed E-state index contributed by atoms with van der Waals surface area (Å²) in [5.74, 6) is -0.921. The van der Waals surface area contributed by atoms with Gasteiger partial charge in [0.1, 0.15) is 0 Å². The molecule has 0 saturated carbocycles. The summed E-state index contributed by atoms with van der Waals surface area (Å²) in [6, 6.07) is 0. The van der Waals surface area contributed by atoms with E-state index in [0.29, 0.717) is 0 Å². The van der Waals surface area contributed by atoms with E-state index in [1.165, 1.54) is 58.5 Å². The van der Waals surface area contributed by atoms with Gasteiger partial charge >= 0.3 is 5.97 Å². The van der Waals surface area contributed by atoms with E-state index in [0.717, 1.165) is 25.7 Å². The maximum absolute atomic E-state index is 10.7. The molecule has 0 spiro atoms. The second-order valence-electron chi connectivity index (χ2n) is 6.07. The molecule has 3 heteroatoms. The van der Waals surface area contributed by atoms with E-state index in [4.69, 9.17) is 9.84 Å². The molecule has 0 saturated heterocycles. The third-order valence-electron chi connectivity index (χ3n) is 3.93. The molecule has 24 heavy (non-hydrogen) atoms. The number of hydrogen-bond acceptors (Lipinski definition) is 2. The number of carbonyl (C=O) groups is 1. The van der Waals surface area contributed by atoms with Gasteiger partial charge in [-0.1, -0.05) is 69.8 Å². The Kier molecular flexibility index (Phi) is 16.7. The van der Waals surface area contributed by atoms with Crippen molar-refractivity contribution in [3.63, 3.8) is 0 Å². The molecule has 0 fully saturated rings. The summed E-state index contributed by atoms with van der Waals surface area (Å²) in [6.45, 7) is 2.16. The molecule has 0 radical (unpaired) electrons. The number of hydrogen-bond donors (Lipinski definition) is 1. The quantitative estimate of drug-likeness (QED) is 0.153. The zero-order valence-corrected chi connectivity index (χ0v) is 15.6. The van der Waals surface area contributed by atoms with Crippen LogP contribution in [-0.2, 0) is 9.53 Å². The summed E-state index contributed by atoms with van der Waals surface area (Å²) in [5, 5.41) is 8.80. The Labute approximate surface area is 148 Å². The van der Waals surface area contributed by atoms with E-state index in [1.54, 1.807) is 6.08 Å². The van der Waals surface area contributed by atoms with Crippen LogP contribution in [0.3, 0.4) is 0 Å². The van der Waals surface area contributed by atoms with Crippen LogP contribution in [0.2, 0.25) is 0 Å². The first-order valence-corrected chi connectivity index (χ1v) is 9.49. The van der Waals surface area contributed by atoms with Crippen molar-refractivity contribution in [2.24, 2.45) is 0 Å². The second-order valence-corrected chi connectivity index (χ2v) is 6.07. The van der Waals surface area contributed by atoms with E-state index in [9.17, 15) is 4.79 Å². The smallest absolute Gasteiger partial charge is 0.370 e. The molecule has 0 atom stereocenters. The number of methoxy groups -OCH3 is 1. The van der Waals surface area contributed by atoms with E-state index >= 15 is 0 Å². The molecule has 0 unspecified atom stereocenters. The van der Waals surface area contributed by atoms with E-state index < -0.39 is 5.97 Å². The predicted molar refractivity (Wildman–Crippen MR) is 102 cm³/mol. The summed E-state index contributed by atoms with van der Waals surface area (Å²) in [7, 11) is 1.40. The van der Waals surface area contributed by atoms with Gasteiger partial charge in [0.15, 0.2) is 5.76 Å². The van der Waals surface area contributed by atoms with Crippen molar-refractivity contribution in [3.8, 4) is 0 Å². The van der Waals surface area contributed by atoms with Crippen molar-refractivity contribution in [1.29, 1.82) is 0 Å². The Morgan fingerprint density at radius 2 is 1.38 bits per heavy atom. The van der Waals surface area contributed by atoms with Crippen LogP contribution in [0.4, 0.5) is 0 Å². The van der Waals surface area contributed by atoms with Crippen LogP contribution in [0, 0.1) is 0 Å². The summed E-state index contributed by atoms with van der Waals surface area (Å²) in [5.41, 5.74) is 0. The van der Waals surface area contributed by atoms with Gasteiger partial charge in [0.25, 0.3) is 0 Å². The largest absolute Gasteiger partial charge is 0.490 e. The maximum Gasteiger partial charge on any atom is 0.370 e. The lowest BCUT2D eigenvalue weighted by molar-refractivity contribution is -0.136. The Bertz CT molecular complexity index is 381. The van der Waals surface area contributed by atoms with Crippen molar-refractivity contribution >= 4 is 5.97 Å². The van der Waals surface area contributed by atoms with Gasteiger partial charge in [-0.05, 0) is 44.6 Å². The molecule has 0 amide bonds. The van der Waals surface area contributed by atoms with Crippen molar-refractivity contribution in [3.05, 3.63) is 36.1 Å². The average molecular weight is 337 g/mol. The molecule has 0 aliphatic carbocycles. The van der Waals surface area contributed by atoms with Gasteiger partial charge in [-0.25, -0.2) is 4.79 Å².